The Bertz CT molecular complexity index is 1650. The van der Waals surface area contributed by atoms with E-state index in [9.17, 15) is 13.2 Å². The van der Waals surface area contributed by atoms with Crippen LogP contribution in [0.25, 0.3) is 22.0 Å². The Morgan fingerprint density at radius 3 is 2.39 bits per heavy atom. The first-order chi connectivity index (χ1) is 22.1. The third-order valence-corrected chi connectivity index (χ3v) is 10.2. The summed E-state index contributed by atoms with van der Waals surface area (Å²) in [7, 11) is 0. The minimum atomic E-state index is -4.76. The quantitative estimate of drug-likeness (QED) is 0.185. The molecule has 2 saturated heterocycles. The number of rotatable bonds is 10. The molecule has 3 aromatic carbocycles. The SMILES string of the molecule is NCCCn1cc(-c2ccc(OC(F)(F)F)cc2CN)c2cc(CN3CCC4(CCCN(Cc5ccccc5Cl)C4)CC3)ccc21. The number of hydrogen-bond acceptors (Lipinski definition) is 5. The molecule has 2 aliphatic heterocycles. The average molecular weight is 654 g/mol. The topological polar surface area (TPSA) is 72.7 Å². The summed E-state index contributed by atoms with van der Waals surface area (Å²) >= 11 is 6.48. The molecule has 10 heteroatoms. The molecule has 246 valence electrons. The van der Waals surface area contributed by atoms with Gasteiger partial charge in [-0.25, -0.2) is 0 Å². The van der Waals surface area contributed by atoms with Gasteiger partial charge in [-0.1, -0.05) is 41.9 Å². The number of benzene rings is 3. The Labute approximate surface area is 274 Å². The average Bonchev–Trinajstić information content (AvgIpc) is 3.39. The van der Waals surface area contributed by atoms with Crippen molar-refractivity contribution in [2.45, 2.75) is 64.6 Å². The molecule has 46 heavy (non-hydrogen) atoms. The zero-order valence-electron chi connectivity index (χ0n) is 26.2. The van der Waals surface area contributed by atoms with E-state index in [4.69, 9.17) is 23.1 Å². The summed E-state index contributed by atoms with van der Waals surface area (Å²) < 4.78 is 45.1. The Morgan fingerprint density at radius 1 is 0.848 bits per heavy atom. The number of alkyl halides is 3. The van der Waals surface area contributed by atoms with Crippen molar-refractivity contribution in [3.8, 4) is 16.9 Å². The molecular formula is C36H43ClF3N5O. The van der Waals surface area contributed by atoms with Crippen molar-refractivity contribution in [1.82, 2.24) is 14.4 Å². The van der Waals surface area contributed by atoms with E-state index >= 15 is 0 Å². The zero-order chi connectivity index (χ0) is 32.3. The number of fused-ring (bicyclic) bond motifs is 1. The second-order valence-electron chi connectivity index (χ2n) is 13.0. The van der Waals surface area contributed by atoms with Gasteiger partial charge in [0.05, 0.1) is 0 Å². The van der Waals surface area contributed by atoms with Crippen LogP contribution in [0.5, 0.6) is 5.75 Å². The molecular weight excluding hydrogens is 611 g/mol. The van der Waals surface area contributed by atoms with Gasteiger partial charge in [0.2, 0.25) is 0 Å². The van der Waals surface area contributed by atoms with Crippen LogP contribution < -0.4 is 16.2 Å². The van der Waals surface area contributed by atoms with Gasteiger partial charge in [0.25, 0.3) is 0 Å². The number of hydrogen-bond donors (Lipinski definition) is 2. The van der Waals surface area contributed by atoms with Crippen molar-refractivity contribution < 1.29 is 17.9 Å². The molecule has 0 saturated carbocycles. The van der Waals surface area contributed by atoms with Gasteiger partial charge in [0.15, 0.2) is 0 Å². The number of piperidine rings is 2. The molecule has 0 amide bonds. The maximum absolute atomic E-state index is 12.9. The molecule has 1 spiro atoms. The molecule has 2 fully saturated rings. The van der Waals surface area contributed by atoms with Gasteiger partial charge >= 0.3 is 6.36 Å². The van der Waals surface area contributed by atoms with Gasteiger partial charge in [-0.3, -0.25) is 9.80 Å². The van der Waals surface area contributed by atoms with Crippen molar-refractivity contribution in [1.29, 1.82) is 0 Å². The van der Waals surface area contributed by atoms with Crippen molar-refractivity contribution >= 4 is 22.5 Å². The predicted octanol–water partition coefficient (Wildman–Crippen LogP) is 7.55. The second-order valence-corrected chi connectivity index (χ2v) is 13.4. The molecule has 0 aliphatic carbocycles. The number of aryl methyl sites for hydroxylation is 1. The Kier molecular flexibility index (Phi) is 9.96. The zero-order valence-corrected chi connectivity index (χ0v) is 26.9. The molecule has 4 aromatic rings. The molecule has 0 bridgehead atoms. The summed E-state index contributed by atoms with van der Waals surface area (Å²) in [6.45, 7) is 7.51. The van der Waals surface area contributed by atoms with Crippen LogP contribution >= 0.6 is 11.6 Å². The molecule has 6 nitrogen and oxygen atoms in total. The highest BCUT2D eigenvalue weighted by Crippen LogP contribution is 2.41. The van der Waals surface area contributed by atoms with Crippen LogP contribution in [-0.4, -0.2) is 53.5 Å². The minimum Gasteiger partial charge on any atom is -0.406 e. The highest BCUT2D eigenvalue weighted by atomic mass is 35.5. The van der Waals surface area contributed by atoms with Crippen molar-refractivity contribution in [2.75, 3.05) is 32.7 Å². The predicted molar refractivity (Wildman–Crippen MR) is 179 cm³/mol. The van der Waals surface area contributed by atoms with Crippen molar-refractivity contribution in [3.05, 3.63) is 88.6 Å². The van der Waals surface area contributed by atoms with E-state index in [1.54, 1.807) is 6.07 Å². The van der Waals surface area contributed by atoms with E-state index in [0.29, 0.717) is 17.5 Å². The van der Waals surface area contributed by atoms with Crippen LogP contribution in [0.1, 0.15) is 48.8 Å². The largest absolute Gasteiger partial charge is 0.573 e. The van der Waals surface area contributed by atoms with Gasteiger partial charge in [-0.05, 0) is 116 Å². The molecule has 2 aliphatic rings. The lowest BCUT2D eigenvalue weighted by molar-refractivity contribution is -0.274. The number of aromatic nitrogens is 1. The second kappa shape index (κ2) is 14.0. The fourth-order valence-corrected chi connectivity index (χ4v) is 7.66. The van der Waals surface area contributed by atoms with Crippen molar-refractivity contribution in [2.24, 2.45) is 16.9 Å². The van der Waals surface area contributed by atoms with E-state index in [-0.39, 0.29) is 12.3 Å². The van der Waals surface area contributed by atoms with Crippen LogP contribution in [0.15, 0.2) is 66.9 Å². The van der Waals surface area contributed by atoms with Gasteiger partial charge in [-0.15, -0.1) is 13.2 Å². The number of likely N-dealkylation sites (tertiary alicyclic amines) is 2. The normalized spacial score (nSPS) is 17.6. The van der Waals surface area contributed by atoms with E-state index in [1.165, 1.54) is 48.9 Å². The summed E-state index contributed by atoms with van der Waals surface area (Å²) in [5.74, 6) is -0.267. The van der Waals surface area contributed by atoms with Crippen LogP contribution in [0.3, 0.4) is 0 Å². The van der Waals surface area contributed by atoms with Crippen molar-refractivity contribution in [3.63, 3.8) is 0 Å². The lowest BCUT2D eigenvalue weighted by Gasteiger charge is -2.48. The smallest absolute Gasteiger partial charge is 0.406 e. The molecule has 0 atom stereocenters. The maximum atomic E-state index is 12.9. The highest BCUT2D eigenvalue weighted by molar-refractivity contribution is 6.31. The first-order valence-electron chi connectivity index (χ1n) is 16.2. The first kappa shape index (κ1) is 32.8. The molecule has 3 heterocycles. The summed E-state index contributed by atoms with van der Waals surface area (Å²) in [5, 5.41) is 1.91. The molecule has 0 radical (unpaired) electrons. The summed E-state index contributed by atoms with van der Waals surface area (Å²) in [6.07, 6.45) is 2.99. The lowest BCUT2D eigenvalue weighted by atomic mass is 9.72. The molecule has 0 unspecified atom stereocenters. The van der Waals surface area contributed by atoms with E-state index in [2.05, 4.69) is 55.6 Å². The summed E-state index contributed by atoms with van der Waals surface area (Å²) in [5.41, 5.74) is 18.1. The fourth-order valence-electron chi connectivity index (χ4n) is 7.47. The number of nitrogens with zero attached hydrogens (tertiary/aromatic N) is 3. The van der Waals surface area contributed by atoms with E-state index < -0.39 is 6.36 Å². The van der Waals surface area contributed by atoms with Gasteiger partial charge < -0.3 is 20.8 Å². The molecule has 6 rings (SSSR count). The maximum Gasteiger partial charge on any atom is 0.573 e. The molecule has 4 N–H and O–H groups in total. The van der Waals surface area contributed by atoms with Crippen LogP contribution in [-0.2, 0) is 26.2 Å². The standard InChI is InChI=1S/C36H43ClF3N5O/c37-33-6-2-1-5-27(33)23-44-15-3-11-35(25-44)12-17-43(18-13-35)22-26-7-10-34-31(19-26)32(24-45(34)16-4-14-41)30-9-8-29(20-28(30)21-42)46-36(38,39)40/h1-2,5-10,19-20,24H,3-4,11-18,21-23,25,41-42H2. The Morgan fingerprint density at radius 2 is 1.65 bits per heavy atom. The summed E-state index contributed by atoms with van der Waals surface area (Å²) in [6, 6.07) is 19.2. The minimum absolute atomic E-state index is 0.0882. The number of halogens is 4. The van der Waals surface area contributed by atoms with E-state index in [1.807, 2.05) is 12.1 Å². The highest BCUT2D eigenvalue weighted by Gasteiger charge is 2.38. The van der Waals surface area contributed by atoms with Gasteiger partial charge in [0, 0.05) is 60.4 Å². The molecule has 1 aromatic heterocycles. The first-order valence-corrected chi connectivity index (χ1v) is 16.6. The third-order valence-electron chi connectivity index (χ3n) is 9.78. The lowest BCUT2D eigenvalue weighted by Crippen LogP contribution is -2.49. The van der Waals surface area contributed by atoms with Gasteiger partial charge in [-0.2, -0.15) is 0 Å². The Balaban J connectivity index is 1.19. The van der Waals surface area contributed by atoms with Crippen LogP contribution in [0, 0.1) is 5.41 Å². The van der Waals surface area contributed by atoms with E-state index in [0.717, 1.165) is 79.3 Å². The Hall–Kier alpha value is -3.08. The van der Waals surface area contributed by atoms with Gasteiger partial charge in [0.1, 0.15) is 5.75 Å². The third kappa shape index (κ3) is 7.55. The van der Waals surface area contributed by atoms with Crippen LogP contribution in [0.2, 0.25) is 5.02 Å². The monoisotopic (exact) mass is 653 g/mol. The van der Waals surface area contributed by atoms with Crippen LogP contribution in [0.4, 0.5) is 13.2 Å². The fraction of sp³-hybridized carbons (Fsp3) is 0.444. The number of nitrogens with two attached hydrogens (primary N) is 2. The number of ether oxygens (including phenoxy) is 1. The summed E-state index contributed by atoms with van der Waals surface area (Å²) in [4.78, 5) is 5.14.